The van der Waals surface area contributed by atoms with Crippen LogP contribution >= 0.6 is 0 Å². The Kier molecular flexibility index (Phi) is 13.5. The molecule has 1 aromatic rings. The first-order valence-corrected chi connectivity index (χ1v) is 12.5. The Morgan fingerprint density at radius 3 is 1.78 bits per heavy atom. The summed E-state index contributed by atoms with van der Waals surface area (Å²) < 4.78 is 51.0. The summed E-state index contributed by atoms with van der Waals surface area (Å²) >= 11 is 0. The average Bonchev–Trinajstić information content (AvgIpc) is 2.76. The lowest BCUT2D eigenvalue weighted by molar-refractivity contribution is 0.199. The van der Waals surface area contributed by atoms with Crippen LogP contribution in [0.25, 0.3) is 0 Å². The second kappa shape index (κ2) is 15.6. The van der Waals surface area contributed by atoms with E-state index < -0.39 is 16.4 Å². The number of methoxy groups -OCH3 is 3. The summed E-state index contributed by atoms with van der Waals surface area (Å²) in [5.74, 6) is 0.608. The number of nitrogens with one attached hydrogen (secondary N) is 1. The summed E-state index contributed by atoms with van der Waals surface area (Å²) in [7, 11) is -0.103. The minimum atomic E-state index is -4.29. The van der Waals surface area contributed by atoms with Crippen molar-refractivity contribution < 1.29 is 36.3 Å². The van der Waals surface area contributed by atoms with Gasteiger partial charge in [0.1, 0.15) is 5.75 Å². The highest BCUT2D eigenvalue weighted by Gasteiger charge is 2.22. The molecule has 0 aliphatic rings. The van der Waals surface area contributed by atoms with Gasteiger partial charge in [0, 0.05) is 12.1 Å². The van der Waals surface area contributed by atoms with E-state index in [4.69, 9.17) is 23.1 Å². The number of carbonyl (C=O) groups is 1. The summed E-state index contributed by atoms with van der Waals surface area (Å²) in [6.45, 7) is 2.20. The van der Waals surface area contributed by atoms with E-state index in [1.807, 2.05) is 0 Å². The molecule has 10 heteroatoms. The van der Waals surface area contributed by atoms with Crippen molar-refractivity contribution in [2.45, 2.75) is 71.1 Å². The normalized spacial score (nSPS) is 11.1. The van der Waals surface area contributed by atoms with Crippen molar-refractivity contribution >= 4 is 16.4 Å². The number of carbonyl (C=O) groups excluding carboxylic acids is 1. The van der Waals surface area contributed by atoms with Crippen LogP contribution < -0.4 is 23.7 Å². The highest BCUT2D eigenvalue weighted by molar-refractivity contribution is 7.85. The number of benzene rings is 1. The molecule has 0 heterocycles. The highest BCUT2D eigenvalue weighted by atomic mass is 32.2. The summed E-state index contributed by atoms with van der Waals surface area (Å²) in [6.07, 6.45) is 9.97. The molecule has 9 nitrogen and oxygen atoms in total. The smallest absolute Gasteiger partial charge is 0.428 e. The molecule has 0 radical (unpaired) electrons. The molecular formula is C22H37NO8S. The molecule has 1 amide bonds. The van der Waals surface area contributed by atoms with E-state index >= 15 is 0 Å². The lowest BCUT2D eigenvalue weighted by Crippen LogP contribution is -2.34. The van der Waals surface area contributed by atoms with Crippen molar-refractivity contribution in [3.63, 3.8) is 0 Å². The maximum atomic E-state index is 12.1. The monoisotopic (exact) mass is 475 g/mol. The third kappa shape index (κ3) is 10.9. The molecule has 0 aromatic heterocycles. The Morgan fingerprint density at radius 2 is 1.31 bits per heavy atom. The highest BCUT2D eigenvalue weighted by Crippen LogP contribution is 2.41. The maximum absolute atomic E-state index is 12.1. The first-order valence-electron chi connectivity index (χ1n) is 11.1. The molecule has 0 aliphatic carbocycles. The summed E-state index contributed by atoms with van der Waals surface area (Å²) in [5.41, 5.74) is 0. The fraction of sp³-hybridized carbons (Fsp3) is 0.682. The van der Waals surface area contributed by atoms with Gasteiger partial charge in [-0.2, -0.15) is 13.1 Å². The largest absolute Gasteiger partial charge is 0.496 e. The third-order valence-electron chi connectivity index (χ3n) is 4.81. The van der Waals surface area contributed by atoms with Crippen LogP contribution in [0.2, 0.25) is 0 Å². The molecule has 0 saturated carbocycles. The lowest BCUT2D eigenvalue weighted by atomic mass is 10.1. The number of hydrogen-bond donors (Lipinski definition) is 1. The standard InChI is InChI=1S/C22H37NO8S/c1-5-6-7-8-9-10-11-12-13-14-15-30-32(25,26)23-22(24)31-21-19(28-3)16-18(27-2)17-20(21)29-4/h16-17H,5-15H2,1-4H3,(H,23,24). The zero-order valence-electron chi connectivity index (χ0n) is 19.6. The molecule has 0 fully saturated rings. The maximum Gasteiger partial charge on any atom is 0.428 e. The minimum absolute atomic E-state index is 0.00566. The van der Waals surface area contributed by atoms with Crippen LogP contribution in [0.1, 0.15) is 71.1 Å². The molecule has 0 bridgehead atoms. The number of hydrogen-bond acceptors (Lipinski definition) is 8. The van der Waals surface area contributed by atoms with E-state index in [9.17, 15) is 13.2 Å². The van der Waals surface area contributed by atoms with Crippen molar-refractivity contribution in [3.8, 4) is 23.0 Å². The van der Waals surface area contributed by atoms with Gasteiger partial charge in [-0.1, -0.05) is 64.7 Å². The Hall–Kier alpha value is -2.20. The Labute approximate surface area is 192 Å². The summed E-state index contributed by atoms with van der Waals surface area (Å²) in [5, 5.41) is 0. The topological polar surface area (TPSA) is 109 Å². The van der Waals surface area contributed by atoms with E-state index in [0.717, 1.165) is 19.3 Å². The molecule has 0 unspecified atom stereocenters. The molecule has 32 heavy (non-hydrogen) atoms. The Balaban J connectivity index is 2.37. The van der Waals surface area contributed by atoms with Gasteiger partial charge in [0.2, 0.25) is 5.75 Å². The zero-order valence-corrected chi connectivity index (χ0v) is 20.4. The average molecular weight is 476 g/mol. The zero-order chi connectivity index (χ0) is 23.8. The molecule has 0 spiro atoms. The Morgan fingerprint density at radius 1 is 0.812 bits per heavy atom. The fourth-order valence-corrected chi connectivity index (χ4v) is 3.72. The molecule has 1 N–H and O–H groups in total. The quantitative estimate of drug-likeness (QED) is 0.314. The second-order valence-corrected chi connectivity index (χ2v) is 8.66. The SMILES string of the molecule is CCCCCCCCCCCCOS(=O)(=O)NC(=O)Oc1c(OC)cc(OC)cc1OC. The molecule has 0 aliphatic heterocycles. The predicted molar refractivity (Wildman–Crippen MR) is 122 cm³/mol. The van der Waals surface area contributed by atoms with Crippen LogP contribution in [0.3, 0.4) is 0 Å². The van der Waals surface area contributed by atoms with Gasteiger partial charge in [-0.05, 0) is 6.42 Å². The van der Waals surface area contributed by atoms with E-state index in [2.05, 4.69) is 6.92 Å². The molecule has 0 atom stereocenters. The van der Waals surface area contributed by atoms with Crippen LogP contribution in [-0.2, 0) is 14.5 Å². The summed E-state index contributed by atoms with van der Waals surface area (Å²) in [4.78, 5) is 12.1. The van der Waals surface area contributed by atoms with Crippen molar-refractivity contribution in [2.24, 2.45) is 0 Å². The fourth-order valence-electron chi connectivity index (χ4n) is 3.08. The van der Waals surface area contributed by atoms with Gasteiger partial charge in [-0.15, -0.1) is 0 Å². The number of ether oxygens (including phenoxy) is 4. The van der Waals surface area contributed by atoms with Gasteiger partial charge >= 0.3 is 16.4 Å². The molecule has 1 aromatic carbocycles. The van der Waals surface area contributed by atoms with Crippen molar-refractivity contribution in [1.82, 2.24) is 4.72 Å². The van der Waals surface area contributed by atoms with Crippen molar-refractivity contribution in [1.29, 1.82) is 0 Å². The molecule has 0 saturated heterocycles. The molecule has 184 valence electrons. The summed E-state index contributed by atoms with van der Waals surface area (Å²) in [6, 6.07) is 2.95. The Bertz CT molecular complexity index is 757. The van der Waals surface area contributed by atoms with Gasteiger partial charge in [-0.25, -0.2) is 4.79 Å². The third-order valence-corrected chi connectivity index (χ3v) is 5.70. The first kappa shape index (κ1) is 27.8. The van der Waals surface area contributed by atoms with Crippen molar-refractivity contribution in [2.75, 3.05) is 27.9 Å². The van der Waals surface area contributed by atoms with E-state index in [0.29, 0.717) is 12.2 Å². The molecule has 1 rings (SSSR count). The van der Waals surface area contributed by atoms with Crippen LogP contribution in [0.15, 0.2) is 12.1 Å². The first-order chi connectivity index (χ1) is 15.4. The van der Waals surface area contributed by atoms with Gasteiger partial charge in [0.15, 0.2) is 11.5 Å². The minimum Gasteiger partial charge on any atom is -0.496 e. The predicted octanol–water partition coefficient (Wildman–Crippen LogP) is 4.98. The van der Waals surface area contributed by atoms with Gasteiger partial charge in [0.25, 0.3) is 0 Å². The van der Waals surface area contributed by atoms with Crippen LogP contribution in [0.4, 0.5) is 4.79 Å². The molecular weight excluding hydrogens is 438 g/mol. The van der Waals surface area contributed by atoms with Gasteiger partial charge in [0.05, 0.1) is 27.9 Å². The number of unbranched alkanes of at least 4 members (excludes halogenated alkanes) is 9. The van der Waals surface area contributed by atoms with Crippen LogP contribution in [-0.4, -0.2) is 42.4 Å². The van der Waals surface area contributed by atoms with Gasteiger partial charge in [-0.3, -0.25) is 4.18 Å². The van der Waals surface area contributed by atoms with E-state index in [1.165, 1.54) is 72.0 Å². The van der Waals surface area contributed by atoms with Crippen LogP contribution in [0, 0.1) is 0 Å². The lowest BCUT2D eigenvalue weighted by Gasteiger charge is -2.15. The van der Waals surface area contributed by atoms with Crippen molar-refractivity contribution in [3.05, 3.63) is 12.1 Å². The van der Waals surface area contributed by atoms with Crippen LogP contribution in [0.5, 0.6) is 23.0 Å². The number of rotatable bonds is 17. The van der Waals surface area contributed by atoms with Gasteiger partial charge < -0.3 is 18.9 Å². The van der Waals surface area contributed by atoms with E-state index in [1.54, 1.807) is 4.72 Å². The van der Waals surface area contributed by atoms with E-state index in [-0.39, 0.29) is 23.9 Å². The second-order valence-electron chi connectivity index (χ2n) is 7.31. The number of amides is 1.